The monoisotopic (exact) mass is 688 g/mol. The van der Waals surface area contributed by atoms with E-state index in [1.54, 1.807) is 60.6 Å². The van der Waals surface area contributed by atoms with Gasteiger partial charge in [0, 0.05) is 6.54 Å². The second kappa shape index (κ2) is 18.7. The Labute approximate surface area is 288 Å². The van der Waals surface area contributed by atoms with Gasteiger partial charge < -0.3 is 41.0 Å². The van der Waals surface area contributed by atoms with Crippen LogP contribution in [0.25, 0.3) is 0 Å². The van der Waals surface area contributed by atoms with Gasteiger partial charge in [0.1, 0.15) is 42.9 Å². The predicted octanol–water partition coefficient (Wildman–Crippen LogP) is 1.15. The van der Waals surface area contributed by atoms with Crippen LogP contribution in [-0.2, 0) is 44.8 Å². The number of hydrogen-bond acceptors (Lipinski definition) is 9. The van der Waals surface area contributed by atoms with E-state index in [1.807, 2.05) is 18.2 Å². The van der Waals surface area contributed by atoms with E-state index in [-0.39, 0.29) is 31.5 Å². The molecule has 0 bridgehead atoms. The summed E-state index contributed by atoms with van der Waals surface area (Å²) in [6, 6.07) is 5.24. The first-order valence-corrected chi connectivity index (χ1v) is 16.5. The van der Waals surface area contributed by atoms with Gasteiger partial charge in [0.2, 0.25) is 29.5 Å². The van der Waals surface area contributed by atoms with Crippen LogP contribution in [0.2, 0.25) is 0 Å². The molecule has 0 aromatic heterocycles. The first-order chi connectivity index (χ1) is 22.9. The zero-order valence-corrected chi connectivity index (χ0v) is 29.7. The topological polar surface area (TPSA) is 201 Å². The van der Waals surface area contributed by atoms with Gasteiger partial charge in [-0.2, -0.15) is 0 Å². The van der Waals surface area contributed by atoms with Crippen LogP contribution in [0.15, 0.2) is 30.3 Å². The van der Waals surface area contributed by atoms with E-state index >= 15 is 0 Å². The Hall–Kier alpha value is -4.69. The molecule has 2 rings (SSSR count). The Balaban J connectivity index is 1.87. The molecule has 49 heavy (non-hydrogen) atoms. The van der Waals surface area contributed by atoms with Crippen LogP contribution < -0.4 is 26.6 Å². The fourth-order valence-corrected chi connectivity index (χ4v) is 4.99. The summed E-state index contributed by atoms with van der Waals surface area (Å²) >= 11 is 0. The third kappa shape index (κ3) is 13.8. The van der Waals surface area contributed by atoms with Crippen molar-refractivity contribution in [3.63, 3.8) is 0 Å². The molecule has 1 heterocycles. The van der Waals surface area contributed by atoms with E-state index < -0.39 is 77.9 Å². The van der Waals surface area contributed by atoms with E-state index in [0.717, 1.165) is 5.56 Å². The van der Waals surface area contributed by atoms with Gasteiger partial charge in [0.15, 0.2) is 0 Å². The maximum atomic E-state index is 13.3. The molecular formula is C34H52N6O9. The fourth-order valence-electron chi connectivity index (χ4n) is 4.99. The summed E-state index contributed by atoms with van der Waals surface area (Å²) in [6.07, 6.45) is 0.126. The first kappa shape index (κ1) is 40.5. The predicted molar refractivity (Wildman–Crippen MR) is 179 cm³/mol. The molecule has 0 spiro atoms. The average Bonchev–Trinajstić information content (AvgIpc) is 3.52. The number of ether oxygens (including phenoxy) is 2. The number of likely N-dealkylation sites (tertiary alicyclic amines) is 1. The van der Waals surface area contributed by atoms with E-state index in [1.165, 1.54) is 11.8 Å². The lowest BCUT2D eigenvalue weighted by Crippen LogP contribution is -2.57. The summed E-state index contributed by atoms with van der Waals surface area (Å²) in [6.45, 7) is 13.0. The summed E-state index contributed by atoms with van der Waals surface area (Å²) in [5.74, 6) is -4.14. The highest BCUT2D eigenvalue weighted by Crippen LogP contribution is 2.19. The lowest BCUT2D eigenvalue weighted by atomic mass is 10.0. The molecule has 1 aromatic rings. The number of alkyl carbamates (subject to hydrolysis) is 1. The summed E-state index contributed by atoms with van der Waals surface area (Å²) in [5.41, 5.74) is 0.0370. The van der Waals surface area contributed by atoms with E-state index in [4.69, 9.17) is 9.47 Å². The molecule has 1 aromatic carbocycles. The van der Waals surface area contributed by atoms with Gasteiger partial charge in [0.25, 0.3) is 0 Å². The maximum Gasteiger partial charge on any atom is 0.408 e. The van der Waals surface area contributed by atoms with Gasteiger partial charge in [-0.25, -0.2) is 4.79 Å². The van der Waals surface area contributed by atoms with Crippen LogP contribution >= 0.6 is 0 Å². The largest absolute Gasteiger partial charge is 0.460 e. The molecule has 1 aliphatic rings. The average molecular weight is 689 g/mol. The smallest absolute Gasteiger partial charge is 0.408 e. The van der Waals surface area contributed by atoms with E-state index in [2.05, 4.69) is 26.6 Å². The van der Waals surface area contributed by atoms with Gasteiger partial charge >= 0.3 is 12.1 Å². The van der Waals surface area contributed by atoms with Crippen molar-refractivity contribution in [1.29, 1.82) is 0 Å². The number of benzene rings is 1. The number of rotatable bonds is 15. The number of carbonyl (C=O) groups is 7. The Morgan fingerprint density at radius 3 is 2.02 bits per heavy atom. The molecule has 0 saturated carbocycles. The van der Waals surface area contributed by atoms with Crippen molar-refractivity contribution in [2.75, 3.05) is 19.6 Å². The standard InChI is InChI=1S/C34H52N6O9/c1-20(2)27(30(44)36-18-26(42)48-19-23-13-10-9-11-14-23)38-25(41)17-35-29(43)24-15-12-16-40(24)32(46)22(5)37-31(45)28(21(3)4)39-33(47)49-34(6,7)8/h9-11,13-14,20-22,24,27-28H,12,15-19H2,1-8H3,(H,35,43)(H,36,44)(H,37,45)(H,38,41)(H,39,47)/t22-,24-,27-,28-/m1/s1. The summed E-state index contributed by atoms with van der Waals surface area (Å²) in [5, 5.41) is 12.8. The highest BCUT2D eigenvalue weighted by molar-refractivity contribution is 5.95. The number of hydrogen-bond donors (Lipinski definition) is 5. The number of carbonyl (C=O) groups excluding carboxylic acids is 7. The molecule has 1 fully saturated rings. The van der Waals surface area contributed by atoms with Crippen molar-refractivity contribution in [3.8, 4) is 0 Å². The molecule has 0 unspecified atom stereocenters. The highest BCUT2D eigenvalue weighted by Gasteiger charge is 2.37. The van der Waals surface area contributed by atoms with Crippen LogP contribution in [0.5, 0.6) is 0 Å². The van der Waals surface area contributed by atoms with Gasteiger partial charge in [-0.15, -0.1) is 0 Å². The van der Waals surface area contributed by atoms with Gasteiger partial charge in [-0.1, -0.05) is 58.0 Å². The number of esters is 1. The van der Waals surface area contributed by atoms with Gasteiger partial charge in [0.05, 0.1) is 6.54 Å². The molecule has 4 atom stereocenters. The van der Waals surface area contributed by atoms with Crippen LogP contribution in [-0.4, -0.2) is 95.9 Å². The summed E-state index contributed by atoms with van der Waals surface area (Å²) < 4.78 is 10.4. The van der Waals surface area contributed by atoms with Crippen LogP contribution in [0.3, 0.4) is 0 Å². The maximum absolute atomic E-state index is 13.3. The van der Waals surface area contributed by atoms with Gasteiger partial charge in [-0.05, 0) is 57.9 Å². The zero-order valence-electron chi connectivity index (χ0n) is 29.7. The van der Waals surface area contributed by atoms with Crippen LogP contribution in [0.4, 0.5) is 4.79 Å². The third-order valence-corrected chi connectivity index (χ3v) is 7.53. The summed E-state index contributed by atoms with van der Waals surface area (Å²) in [4.78, 5) is 90.6. The first-order valence-electron chi connectivity index (χ1n) is 16.5. The second-order valence-corrected chi connectivity index (χ2v) is 13.7. The Bertz CT molecular complexity index is 1330. The van der Waals surface area contributed by atoms with E-state index in [9.17, 15) is 33.6 Å². The number of amides is 6. The molecule has 0 aliphatic carbocycles. The molecule has 15 heteroatoms. The Morgan fingerprint density at radius 1 is 0.816 bits per heavy atom. The molecule has 5 N–H and O–H groups in total. The van der Waals surface area contributed by atoms with Crippen molar-refractivity contribution in [1.82, 2.24) is 31.5 Å². The highest BCUT2D eigenvalue weighted by atomic mass is 16.6. The van der Waals surface area contributed by atoms with E-state index in [0.29, 0.717) is 12.8 Å². The fraction of sp³-hybridized carbons (Fsp3) is 0.618. The molecule has 272 valence electrons. The van der Waals surface area contributed by atoms with Gasteiger partial charge in [-0.3, -0.25) is 28.8 Å². The minimum absolute atomic E-state index is 0.0586. The molecule has 0 radical (unpaired) electrons. The number of nitrogens with one attached hydrogen (secondary N) is 5. The molecule has 6 amide bonds. The third-order valence-electron chi connectivity index (χ3n) is 7.53. The van der Waals surface area contributed by atoms with Crippen molar-refractivity contribution >= 4 is 41.6 Å². The summed E-state index contributed by atoms with van der Waals surface area (Å²) in [7, 11) is 0. The molecule has 1 saturated heterocycles. The molecule has 15 nitrogen and oxygen atoms in total. The lowest BCUT2D eigenvalue weighted by Gasteiger charge is -2.29. The quantitative estimate of drug-likeness (QED) is 0.168. The lowest BCUT2D eigenvalue weighted by molar-refractivity contribution is -0.145. The van der Waals surface area contributed by atoms with Crippen molar-refractivity contribution in [2.45, 2.75) is 105 Å². The Kier molecular flexibility index (Phi) is 15.5. The number of nitrogens with zero attached hydrogens (tertiary/aromatic N) is 1. The minimum atomic E-state index is -1.01. The van der Waals surface area contributed by atoms with Crippen molar-refractivity contribution in [3.05, 3.63) is 35.9 Å². The van der Waals surface area contributed by atoms with Crippen molar-refractivity contribution < 1.29 is 43.0 Å². The Morgan fingerprint density at radius 2 is 1.43 bits per heavy atom. The second-order valence-electron chi connectivity index (χ2n) is 13.7. The van der Waals surface area contributed by atoms with Crippen LogP contribution in [0.1, 0.15) is 73.8 Å². The van der Waals surface area contributed by atoms with Crippen LogP contribution in [0, 0.1) is 11.8 Å². The minimum Gasteiger partial charge on any atom is -0.460 e. The molecular weight excluding hydrogens is 636 g/mol. The SMILES string of the molecule is CC(C)[C@@H](NC(=O)CNC(=O)[C@H]1CCCN1C(=O)[C@@H](C)NC(=O)[C@H](NC(=O)OC(C)(C)C)C(C)C)C(=O)NCC(=O)OCc1ccccc1. The zero-order chi connectivity index (χ0) is 36.9. The normalized spacial score (nSPS) is 16.2. The van der Waals surface area contributed by atoms with Crippen molar-refractivity contribution in [2.24, 2.45) is 11.8 Å². The molecule has 1 aliphatic heterocycles.